The fraction of sp³-hybridized carbons (Fsp3) is 0.412. The van der Waals surface area contributed by atoms with Gasteiger partial charge in [-0.2, -0.15) is 5.10 Å². The summed E-state index contributed by atoms with van der Waals surface area (Å²) in [6.45, 7) is 3.91. The van der Waals surface area contributed by atoms with E-state index in [1.807, 2.05) is 44.6 Å². The van der Waals surface area contributed by atoms with Gasteiger partial charge in [-0.25, -0.2) is 0 Å². The number of nitrogens with zero attached hydrogens (tertiary/aromatic N) is 2. The lowest BCUT2D eigenvalue weighted by molar-refractivity contribution is -0.119. The Morgan fingerprint density at radius 3 is 3.04 bits per heavy atom. The van der Waals surface area contributed by atoms with E-state index in [1.165, 1.54) is 0 Å². The number of aromatic nitrogens is 2. The number of benzene rings is 1. The third kappa shape index (κ3) is 3.62. The van der Waals surface area contributed by atoms with E-state index in [2.05, 4.69) is 31.7 Å². The number of aryl methyl sites for hydroxylation is 1. The Balaban J connectivity index is 1.78. The molecule has 1 aromatic carbocycles. The molecule has 128 valence electrons. The molecule has 1 saturated heterocycles. The zero-order chi connectivity index (χ0) is 17.1. The Morgan fingerprint density at radius 1 is 1.50 bits per heavy atom. The molecule has 7 heteroatoms. The number of hydrogen-bond donors (Lipinski definition) is 2. The average Bonchev–Trinajstić information content (AvgIpc) is 3.18. The van der Waals surface area contributed by atoms with Gasteiger partial charge in [0.1, 0.15) is 5.75 Å². The molecule has 2 aromatic rings. The standard InChI is InChI=1S/C17H21BrN4O2/c1-3-24-16-5-4-12(18)6-15(16)21-17(23)14-9-19-8-13(14)11-7-20-22(2)10-11/h4-7,10,13-14,19H,3,8-9H2,1-2H3,(H,21,23)/t13-,14+/m1/s1. The average molecular weight is 393 g/mol. The first-order valence-corrected chi connectivity index (χ1v) is 8.80. The maximum atomic E-state index is 12.8. The molecule has 0 saturated carbocycles. The molecule has 0 unspecified atom stereocenters. The molecule has 1 fully saturated rings. The van der Waals surface area contributed by atoms with E-state index in [0.29, 0.717) is 24.6 Å². The lowest BCUT2D eigenvalue weighted by Crippen LogP contribution is -2.28. The van der Waals surface area contributed by atoms with Gasteiger partial charge in [-0.3, -0.25) is 9.48 Å². The molecule has 0 spiro atoms. The van der Waals surface area contributed by atoms with Crippen LogP contribution in [0.1, 0.15) is 18.4 Å². The summed E-state index contributed by atoms with van der Waals surface area (Å²) in [6, 6.07) is 5.62. The largest absolute Gasteiger partial charge is 0.492 e. The van der Waals surface area contributed by atoms with E-state index in [-0.39, 0.29) is 17.7 Å². The van der Waals surface area contributed by atoms with Crippen molar-refractivity contribution in [2.45, 2.75) is 12.8 Å². The van der Waals surface area contributed by atoms with Crippen molar-refractivity contribution in [3.63, 3.8) is 0 Å². The van der Waals surface area contributed by atoms with Gasteiger partial charge in [-0.05, 0) is 30.7 Å². The Kier molecular flexibility index (Phi) is 5.20. The van der Waals surface area contributed by atoms with Gasteiger partial charge in [0.25, 0.3) is 0 Å². The summed E-state index contributed by atoms with van der Waals surface area (Å²) in [4.78, 5) is 12.8. The van der Waals surface area contributed by atoms with Crippen LogP contribution in [0.15, 0.2) is 35.1 Å². The van der Waals surface area contributed by atoms with Crippen LogP contribution in [0.5, 0.6) is 5.75 Å². The van der Waals surface area contributed by atoms with Crippen molar-refractivity contribution >= 4 is 27.5 Å². The Morgan fingerprint density at radius 2 is 2.33 bits per heavy atom. The summed E-state index contributed by atoms with van der Waals surface area (Å²) < 4.78 is 8.27. The van der Waals surface area contributed by atoms with Crippen molar-refractivity contribution < 1.29 is 9.53 Å². The highest BCUT2D eigenvalue weighted by atomic mass is 79.9. The second kappa shape index (κ2) is 7.36. The lowest BCUT2D eigenvalue weighted by atomic mass is 9.90. The molecule has 2 atom stereocenters. The Labute approximate surface area is 149 Å². The lowest BCUT2D eigenvalue weighted by Gasteiger charge is -2.18. The van der Waals surface area contributed by atoms with Crippen LogP contribution in [0, 0.1) is 5.92 Å². The van der Waals surface area contributed by atoms with Crippen LogP contribution in [-0.2, 0) is 11.8 Å². The molecule has 1 aliphatic rings. The van der Waals surface area contributed by atoms with Crippen molar-refractivity contribution in [2.75, 3.05) is 25.0 Å². The van der Waals surface area contributed by atoms with E-state index >= 15 is 0 Å². The SMILES string of the molecule is CCOc1ccc(Br)cc1NC(=O)[C@H]1CNC[C@@H]1c1cnn(C)c1. The maximum Gasteiger partial charge on any atom is 0.229 e. The van der Waals surface area contributed by atoms with Gasteiger partial charge < -0.3 is 15.4 Å². The van der Waals surface area contributed by atoms with Gasteiger partial charge in [0.2, 0.25) is 5.91 Å². The smallest absolute Gasteiger partial charge is 0.229 e. The van der Waals surface area contributed by atoms with Crippen LogP contribution < -0.4 is 15.4 Å². The predicted molar refractivity (Wildman–Crippen MR) is 96.2 cm³/mol. The molecule has 0 bridgehead atoms. The molecular formula is C17H21BrN4O2. The van der Waals surface area contributed by atoms with E-state index in [4.69, 9.17) is 4.74 Å². The fourth-order valence-corrected chi connectivity index (χ4v) is 3.40. The molecule has 1 aromatic heterocycles. The first-order chi connectivity index (χ1) is 11.6. The van der Waals surface area contributed by atoms with E-state index in [1.54, 1.807) is 4.68 Å². The highest BCUT2D eigenvalue weighted by Crippen LogP contribution is 2.32. The van der Waals surface area contributed by atoms with E-state index < -0.39 is 0 Å². The first kappa shape index (κ1) is 17.0. The minimum atomic E-state index is -0.136. The summed E-state index contributed by atoms with van der Waals surface area (Å²) >= 11 is 3.44. The van der Waals surface area contributed by atoms with Crippen LogP contribution in [0.25, 0.3) is 0 Å². The number of rotatable bonds is 5. The molecule has 6 nitrogen and oxygen atoms in total. The fourth-order valence-electron chi connectivity index (χ4n) is 3.04. The molecule has 0 aliphatic carbocycles. The number of ether oxygens (including phenoxy) is 1. The van der Waals surface area contributed by atoms with E-state index in [0.717, 1.165) is 16.6 Å². The van der Waals surface area contributed by atoms with Crippen molar-refractivity contribution in [1.82, 2.24) is 15.1 Å². The van der Waals surface area contributed by atoms with Crippen LogP contribution >= 0.6 is 15.9 Å². The molecule has 3 rings (SSSR count). The van der Waals surface area contributed by atoms with E-state index in [9.17, 15) is 4.79 Å². The van der Waals surface area contributed by atoms with Gasteiger partial charge >= 0.3 is 0 Å². The molecule has 1 amide bonds. The molecule has 2 heterocycles. The molecular weight excluding hydrogens is 372 g/mol. The third-order valence-electron chi connectivity index (χ3n) is 4.20. The number of carbonyl (C=O) groups is 1. The van der Waals surface area contributed by atoms with Crippen molar-refractivity contribution in [2.24, 2.45) is 13.0 Å². The van der Waals surface area contributed by atoms with Crippen LogP contribution in [0.3, 0.4) is 0 Å². The first-order valence-electron chi connectivity index (χ1n) is 8.01. The summed E-state index contributed by atoms with van der Waals surface area (Å²) in [6.07, 6.45) is 3.81. The van der Waals surface area contributed by atoms with Crippen molar-refractivity contribution in [1.29, 1.82) is 0 Å². The van der Waals surface area contributed by atoms with Gasteiger partial charge in [0.15, 0.2) is 0 Å². The van der Waals surface area contributed by atoms with Crippen LogP contribution in [0.2, 0.25) is 0 Å². The number of halogens is 1. The highest BCUT2D eigenvalue weighted by molar-refractivity contribution is 9.10. The van der Waals surface area contributed by atoms with Gasteiger partial charge in [-0.15, -0.1) is 0 Å². The normalized spacial score (nSPS) is 20.1. The number of hydrogen-bond acceptors (Lipinski definition) is 4. The van der Waals surface area contributed by atoms with Gasteiger partial charge in [0, 0.05) is 36.7 Å². The van der Waals surface area contributed by atoms with Gasteiger partial charge in [0.05, 0.1) is 24.4 Å². The highest BCUT2D eigenvalue weighted by Gasteiger charge is 2.35. The molecule has 1 aliphatic heterocycles. The number of carbonyl (C=O) groups excluding carboxylic acids is 1. The quantitative estimate of drug-likeness (QED) is 0.819. The zero-order valence-electron chi connectivity index (χ0n) is 13.8. The van der Waals surface area contributed by atoms with Crippen LogP contribution in [0.4, 0.5) is 5.69 Å². The minimum absolute atomic E-state index is 0.00657. The minimum Gasteiger partial charge on any atom is -0.492 e. The zero-order valence-corrected chi connectivity index (χ0v) is 15.3. The second-order valence-corrected chi connectivity index (χ2v) is 6.80. The number of anilines is 1. The molecule has 0 radical (unpaired) electrons. The summed E-state index contributed by atoms with van der Waals surface area (Å²) in [5.74, 6) is 0.662. The maximum absolute atomic E-state index is 12.8. The summed E-state index contributed by atoms with van der Waals surface area (Å²) in [5, 5.41) is 10.6. The monoisotopic (exact) mass is 392 g/mol. The van der Waals surface area contributed by atoms with Crippen LogP contribution in [-0.4, -0.2) is 35.4 Å². The summed E-state index contributed by atoms with van der Waals surface area (Å²) in [5.41, 5.74) is 1.77. The molecule has 2 N–H and O–H groups in total. The number of amides is 1. The predicted octanol–water partition coefficient (Wildman–Crippen LogP) is 2.52. The van der Waals surface area contributed by atoms with Crippen molar-refractivity contribution in [3.05, 3.63) is 40.6 Å². The summed E-state index contributed by atoms with van der Waals surface area (Å²) in [7, 11) is 1.89. The Hall–Kier alpha value is -1.86. The third-order valence-corrected chi connectivity index (χ3v) is 4.70. The molecule has 24 heavy (non-hydrogen) atoms. The topological polar surface area (TPSA) is 68.2 Å². The van der Waals surface area contributed by atoms with Crippen molar-refractivity contribution in [3.8, 4) is 5.75 Å². The Bertz CT molecular complexity index is 731. The van der Waals surface area contributed by atoms with Gasteiger partial charge in [-0.1, -0.05) is 15.9 Å². The number of nitrogens with one attached hydrogen (secondary N) is 2. The second-order valence-electron chi connectivity index (χ2n) is 5.88.